The molecule has 0 unspecified atom stereocenters. The summed E-state index contributed by atoms with van der Waals surface area (Å²) in [6.07, 6.45) is -2.50. The Bertz CT molecular complexity index is 632. The first kappa shape index (κ1) is 14.3. The van der Waals surface area contributed by atoms with Crippen LogP contribution in [0.2, 0.25) is 0 Å². The first-order chi connectivity index (χ1) is 9.36. The predicted octanol–water partition coefficient (Wildman–Crippen LogP) is 2.74. The third-order valence-electron chi connectivity index (χ3n) is 2.11. The van der Waals surface area contributed by atoms with Crippen molar-refractivity contribution in [3.05, 3.63) is 41.9 Å². The smallest absolute Gasteiger partial charge is 0.417 e. The summed E-state index contributed by atoms with van der Waals surface area (Å²) >= 11 is 0.874. The van der Waals surface area contributed by atoms with Crippen LogP contribution < -0.4 is 0 Å². The molecular weight excluding hydrogens is 295 g/mol. The maximum Gasteiger partial charge on any atom is 0.417 e. The summed E-state index contributed by atoms with van der Waals surface area (Å²) in [4.78, 5) is 21.9. The van der Waals surface area contributed by atoms with Crippen molar-refractivity contribution < 1.29 is 23.1 Å². The largest absolute Gasteiger partial charge is 0.477 e. The summed E-state index contributed by atoms with van der Waals surface area (Å²) < 4.78 is 37.1. The molecule has 2 heterocycles. The number of carboxylic acid groups (broad SMARTS) is 1. The van der Waals surface area contributed by atoms with Gasteiger partial charge in [-0.25, -0.2) is 19.7 Å². The lowest BCUT2D eigenvalue weighted by atomic mass is 10.3. The fraction of sp³-hybridized carbons (Fsp3) is 0.0909. The fourth-order valence-corrected chi connectivity index (χ4v) is 1.90. The number of aromatic nitrogens is 3. The normalized spacial score (nSPS) is 11.3. The molecule has 1 N–H and O–H groups in total. The number of rotatable bonds is 3. The Morgan fingerprint density at radius 2 is 1.95 bits per heavy atom. The summed E-state index contributed by atoms with van der Waals surface area (Å²) in [6, 6.07) is 3.27. The number of carboxylic acids is 1. The van der Waals surface area contributed by atoms with Gasteiger partial charge in [-0.3, -0.25) is 0 Å². The third kappa shape index (κ3) is 3.44. The first-order valence-corrected chi connectivity index (χ1v) is 5.95. The van der Waals surface area contributed by atoms with Crippen molar-refractivity contribution in [1.82, 2.24) is 15.0 Å². The Kier molecular flexibility index (Phi) is 3.89. The molecule has 9 heteroatoms. The lowest BCUT2D eigenvalue weighted by Gasteiger charge is -2.06. The molecule has 0 aromatic carbocycles. The number of carbonyl (C=O) groups is 1. The van der Waals surface area contributed by atoms with Crippen LogP contribution in [0.3, 0.4) is 0 Å². The number of nitrogens with zero attached hydrogens (tertiary/aromatic N) is 3. The monoisotopic (exact) mass is 301 g/mol. The molecule has 20 heavy (non-hydrogen) atoms. The van der Waals surface area contributed by atoms with Gasteiger partial charge in [-0.15, -0.1) is 0 Å². The Labute approximate surface area is 114 Å². The van der Waals surface area contributed by atoms with Crippen LogP contribution in [0.25, 0.3) is 0 Å². The van der Waals surface area contributed by atoms with Crippen molar-refractivity contribution in [2.45, 2.75) is 16.4 Å². The molecule has 2 aromatic rings. The van der Waals surface area contributed by atoms with E-state index in [1.165, 1.54) is 18.3 Å². The Morgan fingerprint density at radius 1 is 1.20 bits per heavy atom. The van der Waals surface area contributed by atoms with Gasteiger partial charge in [-0.2, -0.15) is 13.2 Å². The van der Waals surface area contributed by atoms with Crippen LogP contribution >= 0.6 is 11.8 Å². The second-order valence-electron chi connectivity index (χ2n) is 3.51. The van der Waals surface area contributed by atoms with Gasteiger partial charge in [-0.05, 0) is 30.0 Å². The third-order valence-corrected chi connectivity index (χ3v) is 2.94. The number of halogens is 3. The molecule has 0 aliphatic heterocycles. The van der Waals surface area contributed by atoms with Crippen LogP contribution in [0.5, 0.6) is 0 Å². The van der Waals surface area contributed by atoms with E-state index in [4.69, 9.17) is 5.11 Å². The van der Waals surface area contributed by atoms with Crippen LogP contribution in [0.4, 0.5) is 13.2 Å². The van der Waals surface area contributed by atoms with Crippen LogP contribution in [0, 0.1) is 0 Å². The highest BCUT2D eigenvalue weighted by Crippen LogP contribution is 2.30. The van der Waals surface area contributed by atoms with Crippen LogP contribution in [0.1, 0.15) is 16.1 Å². The van der Waals surface area contributed by atoms with Crippen LogP contribution in [0.15, 0.2) is 40.8 Å². The molecule has 0 bridgehead atoms. The van der Waals surface area contributed by atoms with Crippen molar-refractivity contribution in [2.75, 3.05) is 0 Å². The molecule has 2 aromatic heterocycles. The van der Waals surface area contributed by atoms with Crippen molar-refractivity contribution >= 4 is 17.7 Å². The molecule has 0 aliphatic carbocycles. The Hall–Kier alpha value is -2.16. The molecular formula is C11H6F3N3O2S. The summed E-state index contributed by atoms with van der Waals surface area (Å²) in [7, 11) is 0. The SMILES string of the molecule is O=C(O)c1ccnc(Sc2ccc(C(F)(F)F)cn2)n1. The highest BCUT2D eigenvalue weighted by molar-refractivity contribution is 7.99. The van der Waals surface area contributed by atoms with Gasteiger partial charge in [0.1, 0.15) is 5.03 Å². The van der Waals surface area contributed by atoms with Gasteiger partial charge in [0.2, 0.25) is 0 Å². The lowest BCUT2D eigenvalue weighted by molar-refractivity contribution is -0.137. The highest BCUT2D eigenvalue weighted by Gasteiger charge is 2.30. The molecule has 0 amide bonds. The standard InChI is InChI=1S/C11H6F3N3O2S/c12-11(13,14)6-1-2-8(16-5-6)20-10-15-4-3-7(17-10)9(18)19/h1-5H,(H,18,19). The van der Waals surface area contributed by atoms with Crippen molar-refractivity contribution in [2.24, 2.45) is 0 Å². The quantitative estimate of drug-likeness (QED) is 0.878. The second-order valence-corrected chi connectivity index (χ2v) is 4.50. The maximum atomic E-state index is 12.4. The van der Waals surface area contributed by atoms with Gasteiger partial charge in [0.05, 0.1) is 5.56 Å². The van der Waals surface area contributed by atoms with Gasteiger partial charge in [0, 0.05) is 12.4 Å². The molecule has 0 saturated heterocycles. The molecule has 0 fully saturated rings. The lowest BCUT2D eigenvalue weighted by Crippen LogP contribution is -2.05. The number of pyridine rings is 1. The summed E-state index contributed by atoms with van der Waals surface area (Å²) in [6.45, 7) is 0. The minimum Gasteiger partial charge on any atom is -0.477 e. The zero-order valence-electron chi connectivity index (χ0n) is 9.63. The zero-order valence-corrected chi connectivity index (χ0v) is 10.4. The van der Waals surface area contributed by atoms with Gasteiger partial charge >= 0.3 is 12.1 Å². The predicted molar refractivity (Wildman–Crippen MR) is 62.4 cm³/mol. The van der Waals surface area contributed by atoms with Gasteiger partial charge in [-0.1, -0.05) is 0 Å². The number of hydrogen-bond acceptors (Lipinski definition) is 5. The topological polar surface area (TPSA) is 76.0 Å². The molecule has 0 aliphatic rings. The Morgan fingerprint density at radius 3 is 2.50 bits per heavy atom. The van der Waals surface area contributed by atoms with Gasteiger partial charge < -0.3 is 5.11 Å². The maximum absolute atomic E-state index is 12.4. The minimum absolute atomic E-state index is 0.0946. The van der Waals surface area contributed by atoms with E-state index >= 15 is 0 Å². The molecule has 5 nitrogen and oxygen atoms in total. The molecule has 0 saturated carbocycles. The molecule has 2 rings (SSSR count). The fourth-order valence-electron chi connectivity index (χ4n) is 1.21. The van der Waals surface area contributed by atoms with E-state index in [2.05, 4.69) is 15.0 Å². The van der Waals surface area contributed by atoms with Gasteiger partial charge in [0.15, 0.2) is 10.9 Å². The average Bonchev–Trinajstić information content (AvgIpc) is 2.38. The molecule has 0 radical (unpaired) electrons. The highest BCUT2D eigenvalue weighted by atomic mass is 32.2. The van der Waals surface area contributed by atoms with E-state index in [-0.39, 0.29) is 15.9 Å². The summed E-state index contributed by atoms with van der Waals surface area (Å²) in [5, 5.41) is 9.09. The molecule has 104 valence electrons. The Balaban J connectivity index is 2.18. The van der Waals surface area contributed by atoms with E-state index in [9.17, 15) is 18.0 Å². The van der Waals surface area contributed by atoms with Crippen LogP contribution in [-0.4, -0.2) is 26.0 Å². The van der Waals surface area contributed by atoms with Gasteiger partial charge in [0.25, 0.3) is 0 Å². The van der Waals surface area contributed by atoms with E-state index in [0.29, 0.717) is 6.20 Å². The average molecular weight is 301 g/mol. The zero-order chi connectivity index (χ0) is 14.8. The minimum atomic E-state index is -4.45. The first-order valence-electron chi connectivity index (χ1n) is 5.14. The van der Waals surface area contributed by atoms with Crippen molar-refractivity contribution in [3.8, 4) is 0 Å². The molecule has 0 spiro atoms. The summed E-state index contributed by atoms with van der Waals surface area (Å²) in [5.41, 5.74) is -1.06. The van der Waals surface area contributed by atoms with E-state index < -0.39 is 17.7 Å². The number of alkyl halides is 3. The van der Waals surface area contributed by atoms with E-state index in [1.54, 1.807) is 0 Å². The van der Waals surface area contributed by atoms with Crippen molar-refractivity contribution in [3.63, 3.8) is 0 Å². The van der Waals surface area contributed by atoms with Crippen LogP contribution in [-0.2, 0) is 6.18 Å². The second kappa shape index (κ2) is 5.45. The molecule has 0 atom stereocenters. The number of aromatic carboxylic acids is 1. The van der Waals surface area contributed by atoms with Crippen molar-refractivity contribution in [1.29, 1.82) is 0 Å². The summed E-state index contributed by atoms with van der Waals surface area (Å²) in [5.74, 6) is -1.21. The van der Waals surface area contributed by atoms with E-state index in [1.807, 2.05) is 0 Å². The van der Waals surface area contributed by atoms with E-state index in [0.717, 1.165) is 17.8 Å². The number of hydrogen-bond donors (Lipinski definition) is 1.